The first-order valence-electron chi connectivity index (χ1n) is 6.69. The Labute approximate surface area is 122 Å². The van der Waals surface area contributed by atoms with E-state index in [0.717, 1.165) is 11.0 Å². The molecule has 2 aromatic carbocycles. The third-order valence-electron chi connectivity index (χ3n) is 3.01. The van der Waals surface area contributed by atoms with Gasteiger partial charge >= 0.3 is 0 Å². The van der Waals surface area contributed by atoms with E-state index in [1.54, 1.807) is 12.4 Å². The Balaban J connectivity index is 1.83. The first-order chi connectivity index (χ1) is 10.3. The second kappa shape index (κ2) is 5.66. The minimum absolute atomic E-state index is 0.144. The van der Waals surface area contributed by atoms with Crippen LogP contribution in [0.25, 0.3) is 11.0 Å². The van der Waals surface area contributed by atoms with Gasteiger partial charge in [-0.15, -0.1) is 0 Å². The summed E-state index contributed by atoms with van der Waals surface area (Å²) in [7, 11) is 0. The Bertz CT molecular complexity index is 780. The number of nitrogens with zero attached hydrogens (tertiary/aromatic N) is 1. The average Bonchev–Trinajstić information content (AvgIpc) is 2.95. The van der Waals surface area contributed by atoms with E-state index in [0.29, 0.717) is 23.7 Å². The maximum absolute atomic E-state index is 7.80. The number of H-pyrrole nitrogens is 1. The zero-order chi connectivity index (χ0) is 14.7. The number of hydrogen-bond acceptors (Lipinski definition) is 4. The summed E-state index contributed by atoms with van der Waals surface area (Å²) < 4.78 is 11.0. The smallest absolute Gasteiger partial charge is 0.213 e. The molecule has 3 aromatic rings. The molecule has 1 heterocycles. The highest BCUT2D eigenvalue weighted by molar-refractivity contribution is 5.92. The SMILES string of the molecule is CCOC(=N)c1cccc(Oc2ccc3[nH]cnc3c2)c1. The van der Waals surface area contributed by atoms with Gasteiger partial charge in [0.2, 0.25) is 5.90 Å². The van der Waals surface area contributed by atoms with Crippen molar-refractivity contribution >= 4 is 16.9 Å². The van der Waals surface area contributed by atoms with Crippen molar-refractivity contribution in [3.05, 3.63) is 54.4 Å². The fourth-order valence-electron chi connectivity index (χ4n) is 2.04. The predicted molar refractivity (Wildman–Crippen MR) is 81.1 cm³/mol. The van der Waals surface area contributed by atoms with E-state index < -0.39 is 0 Å². The summed E-state index contributed by atoms with van der Waals surface area (Å²) in [5, 5.41) is 7.80. The molecule has 0 aliphatic rings. The van der Waals surface area contributed by atoms with Gasteiger partial charge in [-0.3, -0.25) is 5.41 Å². The monoisotopic (exact) mass is 281 g/mol. The molecule has 21 heavy (non-hydrogen) atoms. The Morgan fingerprint density at radius 1 is 1.19 bits per heavy atom. The quantitative estimate of drug-likeness (QED) is 0.565. The maximum Gasteiger partial charge on any atom is 0.213 e. The van der Waals surface area contributed by atoms with E-state index in [4.69, 9.17) is 14.9 Å². The van der Waals surface area contributed by atoms with E-state index >= 15 is 0 Å². The number of hydrogen-bond donors (Lipinski definition) is 2. The van der Waals surface area contributed by atoms with Crippen LogP contribution in [0.15, 0.2) is 48.8 Å². The van der Waals surface area contributed by atoms with E-state index in [-0.39, 0.29) is 5.90 Å². The number of aromatic nitrogens is 2. The number of nitrogens with one attached hydrogen (secondary N) is 2. The summed E-state index contributed by atoms with van der Waals surface area (Å²) >= 11 is 0. The van der Waals surface area contributed by atoms with Gasteiger partial charge in [0.05, 0.1) is 24.0 Å². The molecular formula is C16H15N3O2. The average molecular weight is 281 g/mol. The van der Waals surface area contributed by atoms with Crippen LogP contribution in [0.1, 0.15) is 12.5 Å². The fraction of sp³-hybridized carbons (Fsp3) is 0.125. The van der Waals surface area contributed by atoms with Crippen LogP contribution in [-0.4, -0.2) is 22.5 Å². The van der Waals surface area contributed by atoms with Gasteiger partial charge in [0.15, 0.2) is 0 Å². The first kappa shape index (κ1) is 13.2. The Morgan fingerprint density at radius 3 is 2.90 bits per heavy atom. The number of fused-ring (bicyclic) bond motifs is 1. The van der Waals surface area contributed by atoms with Crippen LogP contribution in [-0.2, 0) is 4.74 Å². The Morgan fingerprint density at radius 2 is 2.05 bits per heavy atom. The van der Waals surface area contributed by atoms with Crippen molar-refractivity contribution in [2.75, 3.05) is 6.61 Å². The van der Waals surface area contributed by atoms with Gasteiger partial charge in [0.1, 0.15) is 11.5 Å². The molecule has 0 saturated carbocycles. The van der Waals surface area contributed by atoms with Crippen molar-refractivity contribution in [2.24, 2.45) is 0 Å². The van der Waals surface area contributed by atoms with Crippen molar-refractivity contribution in [2.45, 2.75) is 6.92 Å². The Kier molecular flexibility index (Phi) is 3.55. The van der Waals surface area contributed by atoms with Crippen molar-refractivity contribution in [3.63, 3.8) is 0 Å². The number of imidazole rings is 1. The zero-order valence-corrected chi connectivity index (χ0v) is 11.6. The van der Waals surface area contributed by atoms with Crippen LogP contribution in [0.2, 0.25) is 0 Å². The number of ether oxygens (including phenoxy) is 2. The number of aromatic amines is 1. The van der Waals surface area contributed by atoms with E-state index in [9.17, 15) is 0 Å². The van der Waals surface area contributed by atoms with E-state index in [2.05, 4.69) is 9.97 Å². The summed E-state index contributed by atoms with van der Waals surface area (Å²) in [6, 6.07) is 13.0. The second-order valence-corrected chi connectivity index (χ2v) is 4.47. The molecule has 106 valence electrons. The summed E-state index contributed by atoms with van der Waals surface area (Å²) in [5.74, 6) is 1.51. The van der Waals surface area contributed by atoms with Gasteiger partial charge in [-0.05, 0) is 37.3 Å². The molecule has 3 rings (SSSR count). The lowest BCUT2D eigenvalue weighted by Crippen LogP contribution is -2.04. The molecule has 2 N–H and O–H groups in total. The van der Waals surface area contributed by atoms with Gasteiger partial charge in [-0.25, -0.2) is 4.98 Å². The van der Waals surface area contributed by atoms with Crippen LogP contribution in [0.3, 0.4) is 0 Å². The molecule has 0 aliphatic carbocycles. The molecule has 0 amide bonds. The molecule has 0 bridgehead atoms. The number of rotatable bonds is 4. The predicted octanol–water partition coefficient (Wildman–Crippen LogP) is 3.72. The summed E-state index contributed by atoms with van der Waals surface area (Å²) in [4.78, 5) is 7.24. The molecule has 1 aromatic heterocycles. The Hall–Kier alpha value is -2.82. The van der Waals surface area contributed by atoms with Crippen LogP contribution in [0.5, 0.6) is 11.5 Å². The van der Waals surface area contributed by atoms with Crippen LogP contribution in [0.4, 0.5) is 0 Å². The highest BCUT2D eigenvalue weighted by Gasteiger charge is 2.05. The molecule has 0 atom stereocenters. The highest BCUT2D eigenvalue weighted by Crippen LogP contribution is 2.25. The zero-order valence-electron chi connectivity index (χ0n) is 11.6. The highest BCUT2D eigenvalue weighted by atomic mass is 16.5. The van der Waals surface area contributed by atoms with Crippen molar-refractivity contribution in [1.29, 1.82) is 5.41 Å². The molecule has 5 nitrogen and oxygen atoms in total. The molecule has 0 aliphatic heterocycles. The van der Waals surface area contributed by atoms with Crippen LogP contribution < -0.4 is 4.74 Å². The summed E-state index contributed by atoms with van der Waals surface area (Å²) in [6.07, 6.45) is 1.65. The lowest BCUT2D eigenvalue weighted by atomic mass is 10.2. The van der Waals surface area contributed by atoms with E-state index in [1.165, 1.54) is 0 Å². The van der Waals surface area contributed by atoms with Gasteiger partial charge in [-0.2, -0.15) is 0 Å². The standard InChI is InChI=1S/C16H15N3O2/c1-2-20-16(17)11-4-3-5-12(8-11)21-13-6-7-14-15(9-13)19-10-18-14/h3-10,17H,2H2,1H3,(H,18,19). The minimum Gasteiger partial charge on any atom is -0.478 e. The third kappa shape index (κ3) is 2.86. The fourth-order valence-corrected chi connectivity index (χ4v) is 2.04. The molecule has 0 spiro atoms. The van der Waals surface area contributed by atoms with Crippen molar-refractivity contribution in [3.8, 4) is 11.5 Å². The van der Waals surface area contributed by atoms with Crippen molar-refractivity contribution in [1.82, 2.24) is 9.97 Å². The van der Waals surface area contributed by atoms with Gasteiger partial charge in [0.25, 0.3) is 0 Å². The summed E-state index contributed by atoms with van der Waals surface area (Å²) in [6.45, 7) is 2.33. The van der Waals surface area contributed by atoms with Crippen molar-refractivity contribution < 1.29 is 9.47 Å². The summed E-state index contributed by atoms with van der Waals surface area (Å²) in [5.41, 5.74) is 2.51. The van der Waals surface area contributed by atoms with Gasteiger partial charge in [-0.1, -0.05) is 6.07 Å². The molecular weight excluding hydrogens is 266 g/mol. The lowest BCUT2D eigenvalue weighted by molar-refractivity contribution is 0.325. The largest absolute Gasteiger partial charge is 0.478 e. The molecule has 5 heteroatoms. The normalized spacial score (nSPS) is 10.5. The first-order valence-corrected chi connectivity index (χ1v) is 6.69. The minimum atomic E-state index is 0.144. The third-order valence-corrected chi connectivity index (χ3v) is 3.01. The molecule has 0 radical (unpaired) electrons. The second-order valence-electron chi connectivity index (χ2n) is 4.47. The molecule has 0 fully saturated rings. The molecule has 0 unspecified atom stereocenters. The van der Waals surface area contributed by atoms with Gasteiger partial charge in [0, 0.05) is 11.6 Å². The lowest BCUT2D eigenvalue weighted by Gasteiger charge is -2.09. The number of benzene rings is 2. The molecule has 0 saturated heterocycles. The maximum atomic E-state index is 7.80. The van der Waals surface area contributed by atoms with E-state index in [1.807, 2.05) is 43.3 Å². The topological polar surface area (TPSA) is 71.0 Å². The van der Waals surface area contributed by atoms with Crippen LogP contribution >= 0.6 is 0 Å². The van der Waals surface area contributed by atoms with Crippen LogP contribution in [0, 0.1) is 5.41 Å². The van der Waals surface area contributed by atoms with Gasteiger partial charge < -0.3 is 14.5 Å².